The first-order chi connectivity index (χ1) is 9.88. The van der Waals surface area contributed by atoms with Crippen LogP contribution in [0.1, 0.15) is 15.9 Å². The molecule has 0 fully saturated rings. The number of halogens is 2. The lowest BCUT2D eigenvalue weighted by molar-refractivity contribution is -0.385. The van der Waals surface area contributed by atoms with Crippen LogP contribution in [0.3, 0.4) is 0 Å². The molecule has 9 heteroatoms. The fourth-order valence-corrected chi connectivity index (χ4v) is 1.75. The van der Waals surface area contributed by atoms with Crippen molar-refractivity contribution in [2.75, 3.05) is 5.32 Å². The van der Waals surface area contributed by atoms with Crippen LogP contribution in [0.4, 0.5) is 15.9 Å². The number of rotatable bonds is 3. The molecule has 2 aromatic rings. The third kappa shape index (κ3) is 3.29. The minimum atomic E-state index is -0.867. The van der Waals surface area contributed by atoms with Crippen molar-refractivity contribution in [2.45, 2.75) is 6.92 Å². The molecule has 0 aliphatic carbocycles. The van der Waals surface area contributed by atoms with Crippen molar-refractivity contribution in [1.82, 2.24) is 9.97 Å². The molecule has 1 amide bonds. The van der Waals surface area contributed by atoms with Gasteiger partial charge in [0.25, 0.3) is 11.6 Å². The van der Waals surface area contributed by atoms with Crippen molar-refractivity contribution in [3.8, 4) is 0 Å². The number of carbonyl (C=O) groups is 1. The fraction of sp³-hybridized carbons (Fsp3) is 0.0833. The Kier molecular flexibility index (Phi) is 4.08. The molecule has 0 aliphatic heterocycles. The van der Waals surface area contributed by atoms with Crippen LogP contribution in [-0.4, -0.2) is 20.8 Å². The fourth-order valence-electron chi connectivity index (χ4n) is 1.61. The predicted octanol–water partition coefficient (Wildman–Crippen LogP) is 2.74. The number of nitrogens with one attached hydrogen (secondary N) is 1. The average Bonchev–Trinajstić information content (AvgIpc) is 2.41. The zero-order chi connectivity index (χ0) is 15.6. The number of nitro groups is 1. The Morgan fingerprint density at radius 3 is 2.71 bits per heavy atom. The summed E-state index contributed by atoms with van der Waals surface area (Å²) in [6.07, 6.45) is 1.12. The van der Waals surface area contributed by atoms with E-state index in [-0.39, 0.29) is 22.2 Å². The van der Waals surface area contributed by atoms with Crippen molar-refractivity contribution in [3.05, 3.63) is 56.7 Å². The average molecular weight is 311 g/mol. The number of anilines is 1. The first-order valence-corrected chi connectivity index (χ1v) is 5.99. The Hall–Kier alpha value is -2.61. The normalized spacial score (nSPS) is 10.2. The molecule has 21 heavy (non-hydrogen) atoms. The first-order valence-electron chi connectivity index (χ1n) is 5.62. The van der Waals surface area contributed by atoms with Gasteiger partial charge in [0.1, 0.15) is 23.1 Å². The highest BCUT2D eigenvalue weighted by Crippen LogP contribution is 2.22. The van der Waals surface area contributed by atoms with Crippen LogP contribution in [-0.2, 0) is 0 Å². The van der Waals surface area contributed by atoms with Gasteiger partial charge in [-0.2, -0.15) is 0 Å². The van der Waals surface area contributed by atoms with E-state index < -0.39 is 22.2 Å². The first kappa shape index (κ1) is 14.8. The van der Waals surface area contributed by atoms with Gasteiger partial charge in [0, 0.05) is 18.2 Å². The number of hydrogen-bond donors (Lipinski definition) is 1. The summed E-state index contributed by atoms with van der Waals surface area (Å²) in [5, 5.41) is 13.1. The third-order valence-electron chi connectivity index (χ3n) is 2.57. The van der Waals surface area contributed by atoms with E-state index >= 15 is 0 Å². The number of amides is 1. The van der Waals surface area contributed by atoms with Crippen LogP contribution in [0.5, 0.6) is 0 Å². The summed E-state index contributed by atoms with van der Waals surface area (Å²) in [5.74, 6) is -1.64. The monoisotopic (exact) mass is 310 g/mol. The molecule has 0 radical (unpaired) electrons. The Bertz CT molecular complexity index is 738. The second-order valence-corrected chi connectivity index (χ2v) is 4.45. The molecule has 108 valence electrons. The van der Waals surface area contributed by atoms with Gasteiger partial charge in [-0.15, -0.1) is 0 Å². The zero-order valence-electron chi connectivity index (χ0n) is 10.6. The Balaban J connectivity index is 2.37. The van der Waals surface area contributed by atoms with Crippen molar-refractivity contribution >= 4 is 29.0 Å². The van der Waals surface area contributed by atoms with Crippen molar-refractivity contribution in [2.24, 2.45) is 0 Å². The maximum atomic E-state index is 13.9. The van der Waals surface area contributed by atoms with Crippen LogP contribution in [0, 0.1) is 22.9 Å². The number of hydrogen-bond acceptors (Lipinski definition) is 5. The highest BCUT2D eigenvalue weighted by molar-refractivity contribution is 6.29. The maximum absolute atomic E-state index is 13.9. The minimum absolute atomic E-state index is 0.00456. The van der Waals surface area contributed by atoms with E-state index in [4.69, 9.17) is 11.6 Å². The van der Waals surface area contributed by atoms with Crippen LogP contribution in [0.15, 0.2) is 24.5 Å². The molecule has 7 nitrogen and oxygen atoms in total. The van der Waals surface area contributed by atoms with E-state index in [0.29, 0.717) is 0 Å². The van der Waals surface area contributed by atoms with Crippen LogP contribution < -0.4 is 5.32 Å². The molecule has 1 aromatic carbocycles. The number of nitro benzene ring substituents is 1. The largest absolute Gasteiger partial charge is 0.306 e. The SMILES string of the molecule is Cc1cc([N+](=O)[O-])cc(C(=O)Nc2cc(Cl)ncn2)c1F. The maximum Gasteiger partial charge on any atom is 0.270 e. The number of carbonyl (C=O) groups excluding carboxylic acids is 1. The highest BCUT2D eigenvalue weighted by atomic mass is 35.5. The summed E-state index contributed by atoms with van der Waals surface area (Å²) in [7, 11) is 0. The molecule has 0 unspecified atom stereocenters. The highest BCUT2D eigenvalue weighted by Gasteiger charge is 2.20. The van der Waals surface area contributed by atoms with Crippen molar-refractivity contribution in [1.29, 1.82) is 0 Å². The molecule has 1 heterocycles. The standard InChI is InChI=1S/C12H8ClFN4O3/c1-6-2-7(18(20)21)3-8(11(6)14)12(19)17-10-4-9(13)15-5-16-10/h2-5H,1H3,(H,15,16,17,19). The van der Waals surface area contributed by atoms with E-state index in [1.807, 2.05) is 0 Å². The lowest BCUT2D eigenvalue weighted by atomic mass is 10.1. The van der Waals surface area contributed by atoms with Gasteiger partial charge in [-0.05, 0) is 12.5 Å². The summed E-state index contributed by atoms with van der Waals surface area (Å²) in [5.41, 5.74) is -0.828. The number of aryl methyl sites for hydroxylation is 1. The van der Waals surface area contributed by atoms with E-state index in [2.05, 4.69) is 15.3 Å². The van der Waals surface area contributed by atoms with E-state index in [0.717, 1.165) is 18.5 Å². The topological polar surface area (TPSA) is 98.0 Å². The van der Waals surface area contributed by atoms with Gasteiger partial charge in [0.2, 0.25) is 0 Å². The van der Waals surface area contributed by atoms with Gasteiger partial charge in [0.15, 0.2) is 0 Å². The van der Waals surface area contributed by atoms with Gasteiger partial charge in [0.05, 0.1) is 10.5 Å². The molecule has 2 rings (SSSR count). The number of aromatic nitrogens is 2. The smallest absolute Gasteiger partial charge is 0.270 e. The van der Waals surface area contributed by atoms with E-state index in [1.54, 1.807) is 0 Å². The molecular weight excluding hydrogens is 303 g/mol. The second kappa shape index (κ2) is 5.80. The molecular formula is C12H8ClFN4O3. The third-order valence-corrected chi connectivity index (χ3v) is 2.78. The lowest BCUT2D eigenvalue weighted by Gasteiger charge is -2.07. The summed E-state index contributed by atoms with van der Waals surface area (Å²) >= 11 is 5.63. The predicted molar refractivity (Wildman–Crippen MR) is 72.8 cm³/mol. The van der Waals surface area contributed by atoms with Crippen molar-refractivity contribution in [3.63, 3.8) is 0 Å². The molecule has 0 spiro atoms. The number of non-ortho nitro benzene ring substituents is 1. The Morgan fingerprint density at radius 1 is 1.38 bits per heavy atom. The van der Waals surface area contributed by atoms with E-state index in [9.17, 15) is 19.3 Å². The second-order valence-electron chi connectivity index (χ2n) is 4.06. The Morgan fingerprint density at radius 2 is 2.10 bits per heavy atom. The van der Waals surface area contributed by atoms with Crippen LogP contribution in [0.2, 0.25) is 5.15 Å². The van der Waals surface area contributed by atoms with Gasteiger partial charge in [-0.1, -0.05) is 11.6 Å². The molecule has 1 aromatic heterocycles. The zero-order valence-corrected chi connectivity index (χ0v) is 11.4. The molecule has 0 saturated carbocycles. The lowest BCUT2D eigenvalue weighted by Crippen LogP contribution is -2.16. The number of nitrogens with zero attached hydrogens (tertiary/aromatic N) is 3. The summed E-state index contributed by atoms with van der Waals surface area (Å²) in [4.78, 5) is 29.4. The Labute approximate surface area is 122 Å². The molecule has 0 saturated heterocycles. The summed E-state index contributed by atoms with van der Waals surface area (Å²) in [6, 6.07) is 3.18. The van der Waals surface area contributed by atoms with Crippen molar-refractivity contribution < 1.29 is 14.1 Å². The van der Waals surface area contributed by atoms with Gasteiger partial charge < -0.3 is 5.32 Å². The summed E-state index contributed by atoms with van der Waals surface area (Å²) in [6.45, 7) is 1.33. The van der Waals surface area contributed by atoms with Crippen LogP contribution >= 0.6 is 11.6 Å². The quantitative estimate of drug-likeness (QED) is 0.534. The van der Waals surface area contributed by atoms with Gasteiger partial charge >= 0.3 is 0 Å². The minimum Gasteiger partial charge on any atom is -0.306 e. The van der Waals surface area contributed by atoms with E-state index in [1.165, 1.54) is 13.0 Å². The van der Waals surface area contributed by atoms with Crippen LogP contribution in [0.25, 0.3) is 0 Å². The molecule has 0 atom stereocenters. The molecule has 0 bridgehead atoms. The molecule has 0 aliphatic rings. The van der Waals surface area contributed by atoms with Gasteiger partial charge in [-0.3, -0.25) is 14.9 Å². The number of benzene rings is 1. The summed E-state index contributed by atoms with van der Waals surface area (Å²) < 4.78 is 13.9. The molecule has 1 N–H and O–H groups in total. The van der Waals surface area contributed by atoms with Gasteiger partial charge in [-0.25, -0.2) is 14.4 Å².